The summed E-state index contributed by atoms with van der Waals surface area (Å²) in [4.78, 5) is 0. The van der Waals surface area contributed by atoms with Gasteiger partial charge >= 0.3 is 0 Å². The lowest BCUT2D eigenvalue weighted by molar-refractivity contribution is -0.706. The molecule has 2 nitrogen and oxygen atoms in total. The summed E-state index contributed by atoms with van der Waals surface area (Å²) in [6, 6.07) is 15.2. The van der Waals surface area contributed by atoms with Crippen molar-refractivity contribution in [2.45, 2.75) is 6.92 Å². The van der Waals surface area contributed by atoms with Gasteiger partial charge < -0.3 is 24.0 Å². The molecule has 19 heavy (non-hydrogen) atoms. The zero-order valence-electron chi connectivity index (χ0n) is 10.8. The molecule has 0 aliphatic carbocycles. The maximum absolute atomic E-state index is 4.57. The maximum atomic E-state index is 4.57. The second-order valence-corrected chi connectivity index (χ2v) is 4.86. The van der Waals surface area contributed by atoms with E-state index >= 15 is 0 Å². The van der Waals surface area contributed by atoms with E-state index in [1.54, 1.807) is 0 Å². The van der Waals surface area contributed by atoms with Gasteiger partial charge in [0.1, 0.15) is 5.69 Å². The molecule has 4 aromatic rings. The van der Waals surface area contributed by atoms with Crippen molar-refractivity contribution in [3.05, 3.63) is 48.2 Å². The first kappa shape index (κ1) is 12.5. The molecule has 0 bridgehead atoms. The molecule has 3 heteroatoms. The molecule has 0 atom stereocenters. The fraction of sp³-hybridized carbons (Fsp3) is 0.125. The van der Waals surface area contributed by atoms with Crippen molar-refractivity contribution < 1.29 is 28.7 Å². The SMILES string of the molecule is Cc1n[n+](C)c2ccc3cccc4ccc1c2c43.[I-]. The largest absolute Gasteiger partial charge is 1.00 e. The predicted molar refractivity (Wildman–Crippen MR) is 73.9 cm³/mol. The Hall–Kier alpha value is -1.49. The van der Waals surface area contributed by atoms with E-state index in [2.05, 4.69) is 54.5 Å². The summed E-state index contributed by atoms with van der Waals surface area (Å²) < 4.78 is 1.98. The van der Waals surface area contributed by atoms with Crippen molar-refractivity contribution >= 4 is 32.4 Å². The molecule has 0 N–H and O–H groups in total. The van der Waals surface area contributed by atoms with Gasteiger partial charge in [0.05, 0.1) is 5.39 Å². The molecule has 0 amide bonds. The highest BCUT2D eigenvalue weighted by atomic mass is 127. The van der Waals surface area contributed by atoms with Gasteiger partial charge in [-0.25, -0.2) is 0 Å². The molecule has 1 aromatic heterocycles. The van der Waals surface area contributed by atoms with Crippen molar-refractivity contribution in [2.75, 3.05) is 0 Å². The molecule has 0 unspecified atom stereocenters. The Bertz CT molecular complexity index is 832. The van der Waals surface area contributed by atoms with Crippen molar-refractivity contribution in [3.63, 3.8) is 0 Å². The number of rotatable bonds is 0. The fourth-order valence-corrected chi connectivity index (χ4v) is 2.97. The molecule has 0 saturated carbocycles. The van der Waals surface area contributed by atoms with Crippen LogP contribution in [0.4, 0.5) is 0 Å². The van der Waals surface area contributed by atoms with Gasteiger partial charge in [-0.15, -0.1) is 0 Å². The van der Waals surface area contributed by atoms with Gasteiger partial charge in [-0.05, 0) is 28.9 Å². The van der Waals surface area contributed by atoms with Crippen LogP contribution in [0, 0.1) is 6.92 Å². The summed E-state index contributed by atoms with van der Waals surface area (Å²) in [5.41, 5.74) is 2.28. The molecular weight excluding hydrogens is 347 g/mol. The van der Waals surface area contributed by atoms with Crippen LogP contribution in [-0.2, 0) is 7.05 Å². The summed E-state index contributed by atoms with van der Waals surface area (Å²) in [6.45, 7) is 2.08. The van der Waals surface area contributed by atoms with Crippen LogP contribution in [0.1, 0.15) is 5.69 Å². The van der Waals surface area contributed by atoms with Crippen LogP contribution in [0.25, 0.3) is 32.4 Å². The fourth-order valence-electron chi connectivity index (χ4n) is 2.97. The van der Waals surface area contributed by atoms with Gasteiger partial charge in [0, 0.05) is 16.8 Å². The van der Waals surface area contributed by atoms with E-state index in [0.29, 0.717) is 0 Å². The molecule has 0 spiro atoms. The van der Waals surface area contributed by atoms with E-state index in [-0.39, 0.29) is 24.0 Å². The van der Waals surface area contributed by atoms with Gasteiger partial charge in [-0.3, -0.25) is 0 Å². The van der Waals surface area contributed by atoms with Crippen LogP contribution in [0.15, 0.2) is 42.5 Å². The first-order valence-corrected chi connectivity index (χ1v) is 6.16. The monoisotopic (exact) mass is 360 g/mol. The average Bonchev–Trinajstić information content (AvgIpc) is 2.38. The smallest absolute Gasteiger partial charge is 0.240 e. The summed E-state index contributed by atoms with van der Waals surface area (Å²) in [6.07, 6.45) is 0. The summed E-state index contributed by atoms with van der Waals surface area (Å²) in [7, 11) is 2.01. The van der Waals surface area contributed by atoms with Gasteiger partial charge in [0.2, 0.25) is 5.52 Å². The Kier molecular flexibility index (Phi) is 2.82. The van der Waals surface area contributed by atoms with Gasteiger partial charge in [0.15, 0.2) is 7.05 Å². The average molecular weight is 360 g/mol. The Morgan fingerprint density at radius 3 is 2.32 bits per heavy atom. The zero-order chi connectivity index (χ0) is 12.3. The number of aromatic nitrogens is 2. The summed E-state index contributed by atoms with van der Waals surface area (Å²) >= 11 is 0. The number of benzene rings is 3. The third kappa shape index (κ3) is 1.61. The number of hydrogen-bond donors (Lipinski definition) is 0. The van der Waals surface area contributed by atoms with E-state index in [4.69, 9.17) is 0 Å². The topological polar surface area (TPSA) is 16.8 Å². The molecule has 0 aliphatic rings. The Balaban J connectivity index is 0.00000110. The molecule has 3 aromatic carbocycles. The third-order valence-electron chi connectivity index (χ3n) is 3.79. The van der Waals surface area contributed by atoms with Crippen molar-refractivity contribution in [2.24, 2.45) is 7.05 Å². The molecule has 1 heterocycles. The molecule has 0 aliphatic heterocycles. The Labute approximate surface area is 128 Å². The Morgan fingerprint density at radius 1 is 0.895 bits per heavy atom. The molecule has 0 saturated heterocycles. The van der Waals surface area contributed by atoms with Crippen molar-refractivity contribution in [1.82, 2.24) is 5.10 Å². The van der Waals surface area contributed by atoms with Crippen LogP contribution < -0.4 is 28.7 Å². The minimum Gasteiger partial charge on any atom is -1.00 e. The molecule has 94 valence electrons. The first-order chi connectivity index (χ1) is 8.75. The van der Waals surface area contributed by atoms with Crippen LogP contribution in [-0.4, -0.2) is 5.10 Å². The van der Waals surface area contributed by atoms with Gasteiger partial charge in [-0.1, -0.05) is 35.0 Å². The van der Waals surface area contributed by atoms with Gasteiger partial charge in [-0.2, -0.15) is 0 Å². The zero-order valence-corrected chi connectivity index (χ0v) is 13.0. The van der Waals surface area contributed by atoms with Crippen LogP contribution in [0.5, 0.6) is 0 Å². The lowest BCUT2D eigenvalue weighted by atomic mass is 9.96. The highest BCUT2D eigenvalue weighted by Gasteiger charge is 2.16. The summed E-state index contributed by atoms with van der Waals surface area (Å²) in [5.74, 6) is 0. The standard InChI is InChI=1S/C16H13N2.HI/c1-10-13-8-6-11-4-3-5-12-7-9-14(18(2)17-10)16(13)15(11)12;/h3-9H,1-2H3;1H/q+1;/p-1. The quantitative estimate of drug-likeness (QED) is 0.247. The maximum Gasteiger partial charge on any atom is 0.240 e. The molecule has 4 rings (SSSR count). The minimum atomic E-state index is 0. The summed E-state index contributed by atoms with van der Waals surface area (Å²) in [5, 5.41) is 11.1. The number of halogens is 1. The third-order valence-corrected chi connectivity index (χ3v) is 3.79. The number of nitrogens with zero attached hydrogens (tertiary/aromatic N) is 2. The lowest BCUT2D eigenvalue weighted by Gasteiger charge is -2.09. The lowest BCUT2D eigenvalue weighted by Crippen LogP contribution is -3.00. The van der Waals surface area contributed by atoms with E-state index in [1.807, 2.05) is 11.7 Å². The van der Waals surface area contributed by atoms with Crippen LogP contribution in [0.3, 0.4) is 0 Å². The first-order valence-electron chi connectivity index (χ1n) is 6.16. The van der Waals surface area contributed by atoms with Crippen LogP contribution >= 0.6 is 0 Å². The van der Waals surface area contributed by atoms with Crippen molar-refractivity contribution in [3.8, 4) is 0 Å². The van der Waals surface area contributed by atoms with Crippen molar-refractivity contribution in [1.29, 1.82) is 0 Å². The van der Waals surface area contributed by atoms with E-state index in [0.717, 1.165) is 5.69 Å². The highest BCUT2D eigenvalue weighted by molar-refractivity contribution is 6.21. The second kappa shape index (κ2) is 4.27. The minimum absolute atomic E-state index is 0. The number of aryl methyl sites for hydroxylation is 2. The van der Waals surface area contributed by atoms with E-state index < -0.39 is 0 Å². The molecule has 0 radical (unpaired) electrons. The van der Waals surface area contributed by atoms with E-state index in [9.17, 15) is 0 Å². The second-order valence-electron chi connectivity index (χ2n) is 4.86. The van der Waals surface area contributed by atoms with Gasteiger partial charge in [0.25, 0.3) is 0 Å². The molecular formula is C16H13IN2. The number of hydrogen-bond acceptors (Lipinski definition) is 1. The predicted octanol–water partition coefficient (Wildman–Crippen LogP) is 0.116. The Morgan fingerprint density at radius 2 is 1.58 bits per heavy atom. The highest BCUT2D eigenvalue weighted by Crippen LogP contribution is 2.33. The normalized spacial score (nSPS) is 11.3. The van der Waals surface area contributed by atoms with Crippen LogP contribution in [0.2, 0.25) is 0 Å². The van der Waals surface area contributed by atoms with E-state index in [1.165, 1.54) is 32.4 Å². The molecule has 0 fully saturated rings.